The summed E-state index contributed by atoms with van der Waals surface area (Å²) in [4.78, 5) is 0. The molecule has 1 unspecified atom stereocenters. The first kappa shape index (κ1) is 11.2. The predicted molar refractivity (Wildman–Crippen MR) is 60.5 cm³/mol. The highest BCUT2D eigenvalue weighted by atomic mass is 16.7. The summed E-state index contributed by atoms with van der Waals surface area (Å²) in [5.41, 5.74) is 1.41. The van der Waals surface area contributed by atoms with Crippen LogP contribution in [-0.2, 0) is 9.47 Å². The maximum absolute atomic E-state index is 5.95. The van der Waals surface area contributed by atoms with E-state index < -0.39 is 0 Å². The number of hydrogen-bond donors (Lipinski definition) is 0. The van der Waals surface area contributed by atoms with Crippen LogP contribution in [0.3, 0.4) is 0 Å². The third kappa shape index (κ3) is 2.43. The second kappa shape index (κ2) is 4.67. The van der Waals surface area contributed by atoms with Gasteiger partial charge in [-0.05, 0) is 45.4 Å². The smallest absolute Gasteiger partial charge is 0.155 e. The van der Waals surface area contributed by atoms with E-state index in [-0.39, 0.29) is 6.29 Å². The van der Waals surface area contributed by atoms with E-state index in [1.807, 2.05) is 13.8 Å². The first-order chi connectivity index (χ1) is 7.20. The standard InChI is InChI=1S/C13H22O2/c1-4-14-10(3)15-13-8-11-5-6-12(13)9(2)7-11/h10-13H,2,4-8H2,1,3H3/t10?,11-,12+,13-/m1/s1. The Bertz CT molecular complexity index is 237. The average molecular weight is 210 g/mol. The van der Waals surface area contributed by atoms with E-state index in [0.29, 0.717) is 12.0 Å². The van der Waals surface area contributed by atoms with Crippen LogP contribution in [0.15, 0.2) is 12.2 Å². The molecule has 0 saturated heterocycles. The Hall–Kier alpha value is -0.340. The third-order valence-corrected chi connectivity index (χ3v) is 3.74. The molecule has 0 spiro atoms. The second-order valence-electron chi connectivity index (χ2n) is 4.85. The van der Waals surface area contributed by atoms with E-state index in [2.05, 4.69) is 6.58 Å². The van der Waals surface area contributed by atoms with Gasteiger partial charge in [0.2, 0.25) is 0 Å². The van der Waals surface area contributed by atoms with Crippen molar-refractivity contribution in [3.8, 4) is 0 Å². The Morgan fingerprint density at radius 1 is 1.47 bits per heavy atom. The molecule has 0 radical (unpaired) electrons. The van der Waals surface area contributed by atoms with E-state index in [9.17, 15) is 0 Å². The van der Waals surface area contributed by atoms with E-state index in [1.165, 1.54) is 31.3 Å². The lowest BCUT2D eigenvalue weighted by Crippen LogP contribution is -2.40. The minimum absolute atomic E-state index is 0.0628. The normalized spacial score (nSPS) is 36.9. The Labute approximate surface area is 92.6 Å². The van der Waals surface area contributed by atoms with Crippen molar-refractivity contribution in [2.45, 2.75) is 51.9 Å². The van der Waals surface area contributed by atoms with Gasteiger partial charge in [0.05, 0.1) is 6.10 Å². The van der Waals surface area contributed by atoms with Gasteiger partial charge in [0.15, 0.2) is 6.29 Å². The van der Waals surface area contributed by atoms with Crippen molar-refractivity contribution in [3.63, 3.8) is 0 Å². The lowest BCUT2D eigenvalue weighted by Gasteiger charge is -2.44. The minimum Gasteiger partial charge on any atom is -0.353 e. The molecule has 2 nitrogen and oxygen atoms in total. The van der Waals surface area contributed by atoms with Crippen LogP contribution in [0.5, 0.6) is 0 Å². The zero-order valence-corrected chi connectivity index (χ0v) is 9.87. The van der Waals surface area contributed by atoms with Gasteiger partial charge in [-0.3, -0.25) is 0 Å². The largest absolute Gasteiger partial charge is 0.353 e. The average Bonchev–Trinajstić information content (AvgIpc) is 2.18. The minimum atomic E-state index is -0.0628. The van der Waals surface area contributed by atoms with Crippen LogP contribution in [0.4, 0.5) is 0 Å². The van der Waals surface area contributed by atoms with Crippen LogP contribution in [0.1, 0.15) is 39.5 Å². The summed E-state index contributed by atoms with van der Waals surface area (Å²) in [6, 6.07) is 0. The monoisotopic (exact) mass is 210 g/mol. The highest BCUT2D eigenvalue weighted by Gasteiger charge is 2.39. The fraction of sp³-hybridized carbons (Fsp3) is 0.846. The van der Waals surface area contributed by atoms with Gasteiger partial charge in [-0.2, -0.15) is 0 Å². The molecule has 0 aliphatic heterocycles. The Morgan fingerprint density at radius 2 is 2.27 bits per heavy atom. The van der Waals surface area contributed by atoms with Gasteiger partial charge in [0.25, 0.3) is 0 Å². The second-order valence-corrected chi connectivity index (χ2v) is 4.85. The molecular weight excluding hydrogens is 188 g/mol. The highest BCUT2D eigenvalue weighted by molar-refractivity contribution is 5.12. The van der Waals surface area contributed by atoms with Crippen molar-refractivity contribution in [2.24, 2.45) is 11.8 Å². The van der Waals surface area contributed by atoms with Crippen molar-refractivity contribution in [3.05, 3.63) is 12.2 Å². The first-order valence-corrected chi connectivity index (χ1v) is 6.15. The molecule has 2 heteroatoms. The van der Waals surface area contributed by atoms with Gasteiger partial charge in [-0.1, -0.05) is 12.2 Å². The molecule has 2 bridgehead atoms. The maximum atomic E-state index is 5.95. The van der Waals surface area contributed by atoms with Crippen LogP contribution in [0.2, 0.25) is 0 Å². The van der Waals surface area contributed by atoms with Crippen molar-refractivity contribution in [1.82, 2.24) is 0 Å². The molecule has 3 saturated carbocycles. The Balaban J connectivity index is 1.90. The van der Waals surface area contributed by atoms with Crippen molar-refractivity contribution in [2.75, 3.05) is 6.61 Å². The zero-order chi connectivity index (χ0) is 10.8. The summed E-state index contributed by atoms with van der Waals surface area (Å²) in [5, 5.41) is 0. The first-order valence-electron chi connectivity index (χ1n) is 6.15. The molecular formula is C13H22O2. The molecule has 15 heavy (non-hydrogen) atoms. The van der Waals surface area contributed by atoms with Crippen LogP contribution < -0.4 is 0 Å². The summed E-state index contributed by atoms with van der Waals surface area (Å²) in [7, 11) is 0. The molecule has 0 amide bonds. The lowest BCUT2D eigenvalue weighted by molar-refractivity contribution is -0.181. The quantitative estimate of drug-likeness (QED) is 0.524. The molecule has 0 aromatic heterocycles. The third-order valence-electron chi connectivity index (χ3n) is 3.74. The van der Waals surface area contributed by atoms with Gasteiger partial charge in [0, 0.05) is 12.5 Å². The van der Waals surface area contributed by atoms with Crippen LogP contribution in [0.25, 0.3) is 0 Å². The van der Waals surface area contributed by atoms with Gasteiger partial charge in [0.1, 0.15) is 0 Å². The summed E-state index contributed by atoms with van der Waals surface area (Å²) in [5.74, 6) is 1.42. The summed E-state index contributed by atoms with van der Waals surface area (Å²) in [6.07, 6.45) is 5.38. The number of rotatable bonds is 4. The van der Waals surface area contributed by atoms with Gasteiger partial charge in [-0.15, -0.1) is 0 Å². The fourth-order valence-corrected chi connectivity index (χ4v) is 3.06. The van der Waals surface area contributed by atoms with Crippen LogP contribution in [0, 0.1) is 11.8 Å². The number of ether oxygens (including phenoxy) is 2. The SMILES string of the molecule is C=C1C[C@H]2CC[C@@H]1[C@H](OC(C)OCC)C2. The summed E-state index contributed by atoms with van der Waals surface area (Å²) in [6.45, 7) is 8.91. The van der Waals surface area contributed by atoms with E-state index in [1.54, 1.807) is 0 Å². The van der Waals surface area contributed by atoms with E-state index in [4.69, 9.17) is 9.47 Å². The molecule has 0 N–H and O–H groups in total. The molecule has 86 valence electrons. The Kier molecular flexibility index (Phi) is 3.47. The van der Waals surface area contributed by atoms with Crippen LogP contribution in [-0.4, -0.2) is 19.0 Å². The van der Waals surface area contributed by atoms with Crippen molar-refractivity contribution >= 4 is 0 Å². The lowest BCUT2D eigenvalue weighted by atomic mass is 9.67. The van der Waals surface area contributed by atoms with Gasteiger partial charge in [-0.25, -0.2) is 0 Å². The molecule has 4 atom stereocenters. The molecule has 0 heterocycles. The topological polar surface area (TPSA) is 18.5 Å². The molecule has 3 aliphatic rings. The van der Waals surface area contributed by atoms with E-state index >= 15 is 0 Å². The van der Waals surface area contributed by atoms with Gasteiger partial charge < -0.3 is 9.47 Å². The zero-order valence-electron chi connectivity index (χ0n) is 9.87. The highest BCUT2D eigenvalue weighted by Crippen LogP contribution is 2.45. The molecule has 3 rings (SSSR count). The van der Waals surface area contributed by atoms with E-state index in [0.717, 1.165) is 12.5 Å². The van der Waals surface area contributed by atoms with Crippen LogP contribution >= 0.6 is 0 Å². The molecule has 3 fully saturated rings. The molecule has 0 aromatic carbocycles. The summed E-state index contributed by atoms with van der Waals surface area (Å²) >= 11 is 0. The van der Waals surface area contributed by atoms with Crippen molar-refractivity contribution in [1.29, 1.82) is 0 Å². The Morgan fingerprint density at radius 3 is 2.87 bits per heavy atom. The predicted octanol–water partition coefficient (Wildman–Crippen LogP) is 3.13. The number of hydrogen-bond acceptors (Lipinski definition) is 2. The van der Waals surface area contributed by atoms with Gasteiger partial charge >= 0.3 is 0 Å². The van der Waals surface area contributed by atoms with Crippen molar-refractivity contribution < 1.29 is 9.47 Å². The maximum Gasteiger partial charge on any atom is 0.155 e. The fourth-order valence-electron chi connectivity index (χ4n) is 3.06. The summed E-state index contributed by atoms with van der Waals surface area (Å²) < 4.78 is 11.4. The number of fused-ring (bicyclic) bond motifs is 3. The molecule has 0 aromatic rings. The molecule has 3 aliphatic carbocycles.